The largest absolute Gasteiger partial charge is 0.320 e. The quantitative estimate of drug-likeness (QED) is 0.838. The van der Waals surface area contributed by atoms with Gasteiger partial charge in [-0.15, -0.1) is 11.3 Å². The highest BCUT2D eigenvalue weighted by Gasteiger charge is 2.16. The lowest BCUT2D eigenvalue weighted by Crippen LogP contribution is -2.13. The monoisotopic (exact) mass is 329 g/mol. The Balaban J connectivity index is 2.47. The van der Waals surface area contributed by atoms with E-state index in [1.165, 1.54) is 4.88 Å². The summed E-state index contributed by atoms with van der Waals surface area (Å²) in [5, 5.41) is 0.768. The van der Waals surface area contributed by atoms with Gasteiger partial charge < -0.3 is 5.73 Å². The molecule has 0 saturated heterocycles. The molecular weight excluding hydrogens is 318 g/mol. The maximum atomic E-state index is 6.33. The summed E-state index contributed by atoms with van der Waals surface area (Å²) in [5.41, 5.74) is 9.63. The van der Waals surface area contributed by atoms with E-state index < -0.39 is 0 Å². The lowest BCUT2D eigenvalue weighted by atomic mass is 9.96. The Morgan fingerprint density at radius 2 is 2.00 bits per heavy atom. The second-order valence-corrected chi connectivity index (χ2v) is 7.04. The third-order valence-electron chi connectivity index (χ3n) is 2.91. The zero-order chi connectivity index (χ0) is 12.6. The predicted octanol–water partition coefficient (Wildman–Crippen LogP) is 4.83. The summed E-state index contributed by atoms with van der Waals surface area (Å²) < 4.78 is 1.11. The normalized spacial score (nSPS) is 12.8. The molecule has 1 heterocycles. The molecule has 4 heteroatoms. The summed E-state index contributed by atoms with van der Waals surface area (Å²) in [6, 6.07) is 7.85. The maximum Gasteiger partial charge on any atom is 0.0704 e. The highest BCUT2D eigenvalue weighted by atomic mass is 79.9. The number of hydrogen-bond acceptors (Lipinski definition) is 2. The van der Waals surface area contributed by atoms with Crippen LogP contribution < -0.4 is 5.73 Å². The first-order chi connectivity index (χ1) is 8.00. The second kappa shape index (κ2) is 5.11. The second-order valence-electron chi connectivity index (χ2n) is 3.99. The first kappa shape index (κ1) is 13.1. The van der Waals surface area contributed by atoms with Gasteiger partial charge in [0.15, 0.2) is 0 Å². The van der Waals surface area contributed by atoms with E-state index in [0.717, 1.165) is 25.5 Å². The van der Waals surface area contributed by atoms with Gasteiger partial charge in [0.05, 0.1) is 9.83 Å². The van der Waals surface area contributed by atoms with Crippen LogP contribution in [0.4, 0.5) is 0 Å². The Labute approximate surface area is 119 Å². The van der Waals surface area contributed by atoms with Crippen LogP contribution in [-0.2, 0) is 0 Å². The van der Waals surface area contributed by atoms with Crippen molar-refractivity contribution in [3.05, 3.63) is 54.6 Å². The Morgan fingerprint density at radius 3 is 2.59 bits per heavy atom. The molecule has 1 atom stereocenters. The summed E-state index contributed by atoms with van der Waals surface area (Å²) in [5.74, 6) is 0. The fourth-order valence-electron chi connectivity index (χ4n) is 1.90. The van der Waals surface area contributed by atoms with E-state index in [9.17, 15) is 0 Å². The van der Waals surface area contributed by atoms with Crippen LogP contribution in [0.3, 0.4) is 0 Å². The molecule has 2 N–H and O–H groups in total. The third kappa shape index (κ3) is 2.58. The first-order valence-electron chi connectivity index (χ1n) is 5.27. The molecule has 0 aliphatic rings. The lowest BCUT2D eigenvalue weighted by molar-refractivity contribution is 0.859. The van der Waals surface area contributed by atoms with Crippen molar-refractivity contribution in [2.75, 3.05) is 0 Å². The number of thiophene rings is 1. The van der Waals surface area contributed by atoms with Crippen LogP contribution in [0.1, 0.15) is 27.6 Å². The molecule has 2 rings (SSSR count). The molecule has 1 unspecified atom stereocenters. The zero-order valence-corrected chi connectivity index (χ0v) is 12.8. The summed E-state index contributed by atoms with van der Waals surface area (Å²) in [4.78, 5) is 1.24. The molecule has 0 amide bonds. The van der Waals surface area contributed by atoms with Crippen LogP contribution in [0, 0.1) is 13.8 Å². The molecule has 17 heavy (non-hydrogen) atoms. The van der Waals surface area contributed by atoms with E-state index in [1.54, 1.807) is 11.3 Å². The van der Waals surface area contributed by atoms with Crippen LogP contribution in [0.15, 0.2) is 28.1 Å². The molecule has 0 aliphatic heterocycles. The topological polar surface area (TPSA) is 26.0 Å². The summed E-state index contributed by atoms with van der Waals surface area (Å²) in [7, 11) is 0. The van der Waals surface area contributed by atoms with Gasteiger partial charge in [-0.05, 0) is 58.6 Å². The van der Waals surface area contributed by atoms with Gasteiger partial charge in [0, 0.05) is 9.90 Å². The van der Waals surface area contributed by atoms with Crippen LogP contribution >= 0.6 is 38.9 Å². The van der Waals surface area contributed by atoms with Gasteiger partial charge in [0.25, 0.3) is 0 Å². The SMILES string of the molecule is Cc1sc(Br)cc1C(N)c1cccc(Cl)c1C. The van der Waals surface area contributed by atoms with Gasteiger partial charge in [-0.2, -0.15) is 0 Å². The fraction of sp³-hybridized carbons (Fsp3) is 0.231. The van der Waals surface area contributed by atoms with Gasteiger partial charge in [-0.1, -0.05) is 23.7 Å². The maximum absolute atomic E-state index is 6.33. The molecule has 1 aromatic carbocycles. The molecule has 2 aromatic rings. The Bertz CT molecular complexity index is 550. The van der Waals surface area contributed by atoms with Crippen molar-refractivity contribution in [1.82, 2.24) is 0 Å². The van der Waals surface area contributed by atoms with E-state index in [1.807, 2.05) is 25.1 Å². The van der Waals surface area contributed by atoms with E-state index in [4.69, 9.17) is 17.3 Å². The van der Waals surface area contributed by atoms with E-state index in [-0.39, 0.29) is 6.04 Å². The lowest BCUT2D eigenvalue weighted by Gasteiger charge is -2.15. The van der Waals surface area contributed by atoms with Gasteiger partial charge in [0.2, 0.25) is 0 Å². The number of aryl methyl sites for hydroxylation is 1. The highest BCUT2D eigenvalue weighted by Crippen LogP contribution is 2.34. The molecule has 90 valence electrons. The molecule has 0 bridgehead atoms. The number of nitrogens with two attached hydrogens (primary N) is 1. The minimum absolute atomic E-state index is 0.115. The molecule has 0 spiro atoms. The minimum Gasteiger partial charge on any atom is -0.320 e. The van der Waals surface area contributed by atoms with Crippen LogP contribution in [-0.4, -0.2) is 0 Å². The van der Waals surface area contributed by atoms with Crippen molar-refractivity contribution in [3.8, 4) is 0 Å². The molecule has 1 nitrogen and oxygen atoms in total. The number of benzene rings is 1. The van der Waals surface area contributed by atoms with Gasteiger partial charge in [0.1, 0.15) is 0 Å². The average molecular weight is 331 g/mol. The third-order valence-corrected chi connectivity index (χ3v) is 4.88. The van der Waals surface area contributed by atoms with E-state index >= 15 is 0 Å². The summed E-state index contributed by atoms with van der Waals surface area (Å²) in [6.07, 6.45) is 0. The predicted molar refractivity (Wildman–Crippen MR) is 79.0 cm³/mol. The Kier molecular flexibility index (Phi) is 3.93. The van der Waals surface area contributed by atoms with Crippen molar-refractivity contribution in [2.45, 2.75) is 19.9 Å². The number of rotatable bonds is 2. The minimum atomic E-state index is -0.115. The smallest absolute Gasteiger partial charge is 0.0704 e. The van der Waals surface area contributed by atoms with Crippen LogP contribution in [0.2, 0.25) is 5.02 Å². The molecular formula is C13H13BrClNS. The molecule has 1 aromatic heterocycles. The zero-order valence-electron chi connectivity index (χ0n) is 9.63. The van der Waals surface area contributed by atoms with Crippen molar-refractivity contribution >= 4 is 38.9 Å². The van der Waals surface area contributed by atoms with Crippen molar-refractivity contribution in [3.63, 3.8) is 0 Å². The van der Waals surface area contributed by atoms with Crippen molar-refractivity contribution in [1.29, 1.82) is 0 Å². The Hall–Kier alpha value is -0.350. The molecule has 0 fully saturated rings. The van der Waals surface area contributed by atoms with Gasteiger partial charge in [-0.25, -0.2) is 0 Å². The van der Waals surface area contributed by atoms with Crippen molar-refractivity contribution < 1.29 is 0 Å². The standard InChI is InChI=1S/C13H13BrClNS/c1-7-9(4-3-5-11(7)15)13(16)10-6-12(14)17-8(10)2/h3-6,13H,16H2,1-2H3. The fourth-order valence-corrected chi connectivity index (χ4v) is 3.83. The molecule has 0 saturated carbocycles. The number of halogens is 2. The van der Waals surface area contributed by atoms with Crippen LogP contribution in [0.25, 0.3) is 0 Å². The van der Waals surface area contributed by atoms with Gasteiger partial charge in [-0.3, -0.25) is 0 Å². The highest BCUT2D eigenvalue weighted by molar-refractivity contribution is 9.11. The van der Waals surface area contributed by atoms with Crippen molar-refractivity contribution in [2.24, 2.45) is 5.73 Å². The van der Waals surface area contributed by atoms with Gasteiger partial charge >= 0.3 is 0 Å². The average Bonchev–Trinajstić information content (AvgIpc) is 2.61. The van der Waals surface area contributed by atoms with E-state index in [0.29, 0.717) is 0 Å². The molecule has 0 aliphatic carbocycles. The summed E-state index contributed by atoms with van der Waals surface area (Å²) in [6.45, 7) is 4.10. The van der Waals surface area contributed by atoms with E-state index in [2.05, 4.69) is 28.9 Å². The molecule has 0 radical (unpaired) electrons. The Morgan fingerprint density at radius 1 is 1.29 bits per heavy atom. The van der Waals surface area contributed by atoms with Crippen LogP contribution in [0.5, 0.6) is 0 Å². The number of hydrogen-bond donors (Lipinski definition) is 1. The first-order valence-corrected chi connectivity index (χ1v) is 7.26. The summed E-state index contributed by atoms with van der Waals surface area (Å²) >= 11 is 11.3.